The maximum absolute atomic E-state index is 13.5. The second kappa shape index (κ2) is 61.2. The standard InChI is InChI=1S/C80H149NO18/c1-3-5-7-9-11-13-15-17-19-21-23-25-26-27-28-29-30-31-32-33-34-35-36-38-40-42-44-46-48-50-52-54-56-58-68(86)81-63(64(85)57-55-53-51-49-47-45-43-41-39-37-24-22-20-18-16-14-12-10-8-6-4-2)62-94-78-74(92)71(89)76(66(60-83)96-78)99-80-75(93)72(90)77(67(61-84)97-80)98-79-73(91)70(88)69(87)65(59-82)95-79/h15,17,21,23,26-27,63-67,69-80,82-85,87-93H,3-14,16,18-20,22,24-25,28-62H2,1-2H3,(H,81,86)/b17-15-,23-21-,27-26-. The Kier molecular flexibility index (Phi) is 56.4. The first-order valence-corrected chi connectivity index (χ1v) is 40.7. The molecule has 0 aromatic carbocycles. The van der Waals surface area contributed by atoms with Gasteiger partial charge in [0.05, 0.1) is 38.6 Å². The summed E-state index contributed by atoms with van der Waals surface area (Å²) < 4.78 is 34.5. The third-order valence-corrected chi connectivity index (χ3v) is 20.5. The molecule has 0 bridgehead atoms. The number of rotatable bonds is 65. The van der Waals surface area contributed by atoms with Gasteiger partial charge in [0.25, 0.3) is 0 Å². The van der Waals surface area contributed by atoms with Crippen molar-refractivity contribution in [2.75, 3.05) is 26.4 Å². The van der Waals surface area contributed by atoms with Crippen molar-refractivity contribution in [1.29, 1.82) is 0 Å². The number of unbranched alkanes of at least 4 members (excludes halogenated alkanes) is 43. The third-order valence-electron chi connectivity index (χ3n) is 20.5. The fourth-order valence-electron chi connectivity index (χ4n) is 13.9. The molecule has 3 saturated heterocycles. The van der Waals surface area contributed by atoms with Crippen LogP contribution in [0.3, 0.4) is 0 Å². The first-order valence-electron chi connectivity index (χ1n) is 40.7. The second-order valence-electron chi connectivity index (χ2n) is 29.2. The van der Waals surface area contributed by atoms with Crippen LogP contribution in [-0.4, -0.2) is 193 Å². The first-order chi connectivity index (χ1) is 48.3. The van der Waals surface area contributed by atoms with Gasteiger partial charge in [-0.15, -0.1) is 0 Å². The SMILES string of the molecule is CCCCCCC/C=C\C/C=C\C/C=C\CCCCCCCCCCCCCCCCCCCCC(=O)NC(COC1OC(CO)C(OC2OC(CO)C(OC3OC(CO)C(O)C(O)C3O)C(O)C2O)C(O)C1O)C(O)CCCCCCCCCCCCCCCCCCCCCCC. The minimum absolute atomic E-state index is 0.237. The average molecular weight is 1410 g/mol. The zero-order chi connectivity index (χ0) is 71.8. The van der Waals surface area contributed by atoms with E-state index in [0.717, 1.165) is 57.8 Å². The number of aliphatic hydroxyl groups excluding tert-OH is 11. The molecule has 0 aromatic rings. The van der Waals surface area contributed by atoms with Gasteiger partial charge in [-0.2, -0.15) is 0 Å². The summed E-state index contributed by atoms with van der Waals surface area (Å²) in [5.41, 5.74) is 0. The fourth-order valence-corrected chi connectivity index (χ4v) is 13.9. The zero-order valence-electron chi connectivity index (χ0n) is 62.2. The molecular weight excluding hydrogens is 1260 g/mol. The van der Waals surface area contributed by atoms with E-state index in [2.05, 4.69) is 55.6 Å². The molecule has 0 radical (unpaired) electrons. The molecule has 17 unspecified atom stereocenters. The normalized spacial score (nSPS) is 26.7. The van der Waals surface area contributed by atoms with Crippen LogP contribution in [0.25, 0.3) is 0 Å². The zero-order valence-corrected chi connectivity index (χ0v) is 62.2. The summed E-state index contributed by atoms with van der Waals surface area (Å²) in [6, 6.07) is -0.887. The van der Waals surface area contributed by atoms with E-state index in [1.807, 2.05) is 0 Å². The number of nitrogens with one attached hydrogen (secondary N) is 1. The van der Waals surface area contributed by atoms with Gasteiger partial charge in [0.2, 0.25) is 5.91 Å². The van der Waals surface area contributed by atoms with Gasteiger partial charge in [0.15, 0.2) is 18.9 Å². The van der Waals surface area contributed by atoms with Crippen LogP contribution in [-0.2, 0) is 33.2 Å². The number of hydrogen-bond acceptors (Lipinski definition) is 18. The van der Waals surface area contributed by atoms with E-state index in [0.29, 0.717) is 12.8 Å². The Morgan fingerprint density at radius 2 is 0.667 bits per heavy atom. The molecule has 0 spiro atoms. The first kappa shape index (κ1) is 91.2. The van der Waals surface area contributed by atoms with Crippen molar-refractivity contribution in [3.05, 3.63) is 36.5 Å². The quantitative estimate of drug-likeness (QED) is 0.0199. The topological polar surface area (TPSA) is 307 Å². The lowest BCUT2D eigenvalue weighted by atomic mass is 9.96. The summed E-state index contributed by atoms with van der Waals surface area (Å²) in [7, 11) is 0. The lowest BCUT2D eigenvalue weighted by Crippen LogP contribution is -2.66. The third kappa shape index (κ3) is 41.5. The predicted molar refractivity (Wildman–Crippen MR) is 393 cm³/mol. The summed E-state index contributed by atoms with van der Waals surface area (Å²) in [6.45, 7) is 1.84. The number of carbonyl (C=O) groups excluding carboxylic acids is 1. The number of amides is 1. The van der Waals surface area contributed by atoms with Crippen LogP contribution in [0.4, 0.5) is 0 Å². The van der Waals surface area contributed by atoms with Gasteiger partial charge >= 0.3 is 0 Å². The molecule has 1 amide bonds. The van der Waals surface area contributed by atoms with Crippen molar-refractivity contribution in [3.8, 4) is 0 Å². The molecule has 0 aromatic heterocycles. The highest BCUT2D eigenvalue weighted by Gasteiger charge is 2.54. The monoisotopic (exact) mass is 1410 g/mol. The Labute approximate surface area is 600 Å². The van der Waals surface area contributed by atoms with Crippen molar-refractivity contribution in [1.82, 2.24) is 5.32 Å². The number of allylic oxidation sites excluding steroid dienone is 6. The van der Waals surface area contributed by atoms with E-state index < -0.39 is 124 Å². The highest BCUT2D eigenvalue weighted by molar-refractivity contribution is 5.76. The van der Waals surface area contributed by atoms with Crippen LogP contribution in [0.15, 0.2) is 36.5 Å². The molecule has 3 rings (SSSR count). The number of aliphatic hydroxyl groups is 11. The Bertz CT molecular complexity index is 1930. The van der Waals surface area contributed by atoms with Crippen molar-refractivity contribution < 1.29 is 89.4 Å². The summed E-state index contributed by atoms with van der Waals surface area (Å²) in [4.78, 5) is 13.5. The Morgan fingerprint density at radius 1 is 0.364 bits per heavy atom. The van der Waals surface area contributed by atoms with Crippen molar-refractivity contribution >= 4 is 5.91 Å². The molecule has 19 nitrogen and oxygen atoms in total. The van der Waals surface area contributed by atoms with E-state index in [9.17, 15) is 61.0 Å². The van der Waals surface area contributed by atoms with Crippen molar-refractivity contribution in [2.24, 2.45) is 0 Å². The lowest BCUT2D eigenvalue weighted by molar-refractivity contribution is -0.379. The summed E-state index contributed by atoms with van der Waals surface area (Å²) >= 11 is 0. The molecule has 3 fully saturated rings. The minimum atomic E-state index is -1.97. The van der Waals surface area contributed by atoms with Crippen LogP contribution < -0.4 is 5.32 Å². The minimum Gasteiger partial charge on any atom is -0.394 e. The fraction of sp³-hybridized carbons (Fsp3) is 0.912. The maximum atomic E-state index is 13.5. The summed E-state index contributed by atoms with van der Waals surface area (Å²) in [6.07, 6.45) is 48.0. The number of carbonyl (C=O) groups is 1. The smallest absolute Gasteiger partial charge is 0.220 e. The van der Waals surface area contributed by atoms with Gasteiger partial charge in [-0.3, -0.25) is 4.79 Å². The van der Waals surface area contributed by atoms with E-state index in [1.165, 1.54) is 244 Å². The maximum Gasteiger partial charge on any atom is 0.220 e. The molecule has 3 aliphatic rings. The van der Waals surface area contributed by atoms with Crippen molar-refractivity contribution in [2.45, 2.75) is 439 Å². The van der Waals surface area contributed by atoms with E-state index in [1.54, 1.807) is 0 Å². The number of hydrogen-bond donors (Lipinski definition) is 12. The summed E-state index contributed by atoms with van der Waals surface area (Å²) in [5, 5.41) is 121. The molecule has 12 N–H and O–H groups in total. The average Bonchev–Trinajstić information content (AvgIpc) is 0.761. The molecular formula is C80H149NO18. The van der Waals surface area contributed by atoms with Gasteiger partial charge in [0.1, 0.15) is 73.2 Å². The predicted octanol–water partition coefficient (Wildman–Crippen LogP) is 13.5. The lowest BCUT2D eigenvalue weighted by Gasteiger charge is -2.48. The van der Waals surface area contributed by atoms with Gasteiger partial charge in [0, 0.05) is 6.42 Å². The van der Waals surface area contributed by atoms with Gasteiger partial charge in [-0.05, 0) is 51.4 Å². The Hall–Kier alpha value is -1.99. The number of ether oxygens (including phenoxy) is 6. The largest absolute Gasteiger partial charge is 0.394 e. The van der Waals surface area contributed by atoms with Gasteiger partial charge in [-0.1, -0.05) is 314 Å². The Morgan fingerprint density at radius 3 is 1.04 bits per heavy atom. The molecule has 19 heteroatoms. The molecule has 99 heavy (non-hydrogen) atoms. The van der Waals surface area contributed by atoms with Gasteiger partial charge < -0.3 is 89.9 Å². The van der Waals surface area contributed by atoms with Crippen molar-refractivity contribution in [3.63, 3.8) is 0 Å². The highest BCUT2D eigenvalue weighted by Crippen LogP contribution is 2.33. The van der Waals surface area contributed by atoms with E-state index in [4.69, 9.17) is 28.4 Å². The van der Waals surface area contributed by atoms with Gasteiger partial charge in [-0.25, -0.2) is 0 Å². The van der Waals surface area contributed by atoms with Crippen LogP contribution in [0.2, 0.25) is 0 Å². The molecule has 582 valence electrons. The van der Waals surface area contributed by atoms with E-state index >= 15 is 0 Å². The molecule has 0 aliphatic carbocycles. The Balaban J connectivity index is 1.35. The molecule has 3 heterocycles. The highest BCUT2D eigenvalue weighted by atomic mass is 16.8. The van der Waals surface area contributed by atoms with Crippen LogP contribution in [0, 0.1) is 0 Å². The molecule has 0 saturated carbocycles. The molecule has 3 aliphatic heterocycles. The van der Waals surface area contributed by atoms with E-state index in [-0.39, 0.29) is 18.9 Å². The molecule has 17 atom stereocenters. The summed E-state index contributed by atoms with van der Waals surface area (Å²) in [5.74, 6) is -0.237. The van der Waals surface area contributed by atoms with Crippen LogP contribution >= 0.6 is 0 Å². The second-order valence-corrected chi connectivity index (χ2v) is 29.2. The van der Waals surface area contributed by atoms with Crippen LogP contribution in [0.5, 0.6) is 0 Å². The van der Waals surface area contributed by atoms with Crippen LogP contribution in [0.1, 0.15) is 335 Å².